The molecule has 0 radical (unpaired) electrons. The van der Waals surface area contributed by atoms with Crippen LogP contribution in [0.1, 0.15) is 12.5 Å². The summed E-state index contributed by atoms with van der Waals surface area (Å²) in [6, 6.07) is 10.7. The van der Waals surface area contributed by atoms with E-state index >= 15 is 0 Å². The van der Waals surface area contributed by atoms with E-state index in [9.17, 15) is 14.4 Å². The van der Waals surface area contributed by atoms with Crippen molar-refractivity contribution in [3.05, 3.63) is 58.1 Å². The second-order valence-electron chi connectivity index (χ2n) is 6.06. The number of hydrogen-bond acceptors (Lipinski definition) is 5. The Bertz CT molecular complexity index is 1070. The van der Waals surface area contributed by atoms with Crippen LogP contribution < -0.4 is 19.7 Å². The lowest BCUT2D eigenvalue weighted by atomic mass is 10.1. The Morgan fingerprint density at radius 3 is 2.53 bits per heavy atom. The Balaban J connectivity index is 1.98. The Morgan fingerprint density at radius 1 is 1.13 bits per heavy atom. The number of barbiturate groups is 1. The fourth-order valence-electron chi connectivity index (χ4n) is 2.79. The smallest absolute Gasteiger partial charge is 0.335 e. The standard InChI is InChI=1S/C22H17BrN2O5/c1-3-11-30-19-10-5-15(23)12-14(19)13-18-20(26)24-22(28)25(21(18)27)16-6-8-17(9-7-16)29-4-2/h1,5-10,12-13H,4,11H2,2H3,(H,24,26,28)/b18-13+. The van der Waals surface area contributed by atoms with Crippen LogP contribution in [-0.4, -0.2) is 31.1 Å². The van der Waals surface area contributed by atoms with Gasteiger partial charge in [-0.1, -0.05) is 21.9 Å². The van der Waals surface area contributed by atoms with E-state index in [1.807, 2.05) is 6.92 Å². The molecule has 0 atom stereocenters. The number of halogens is 1. The SMILES string of the molecule is C#CCOc1ccc(Br)cc1/C=C1\C(=O)NC(=O)N(c2ccc(OCC)cc2)C1=O. The normalized spacial score (nSPS) is 15.0. The first-order valence-electron chi connectivity index (χ1n) is 8.94. The highest BCUT2D eigenvalue weighted by atomic mass is 79.9. The average Bonchev–Trinajstić information content (AvgIpc) is 2.72. The third-order valence-corrected chi connectivity index (χ3v) is 4.58. The molecule has 1 aliphatic rings. The van der Waals surface area contributed by atoms with Crippen LogP contribution in [0.3, 0.4) is 0 Å². The van der Waals surface area contributed by atoms with Crippen molar-refractivity contribution in [2.45, 2.75) is 6.92 Å². The molecular formula is C22H17BrN2O5. The van der Waals surface area contributed by atoms with Gasteiger partial charge < -0.3 is 9.47 Å². The number of ether oxygens (including phenoxy) is 2. The molecule has 0 spiro atoms. The zero-order chi connectivity index (χ0) is 21.7. The second kappa shape index (κ2) is 9.29. The van der Waals surface area contributed by atoms with Crippen molar-refractivity contribution < 1.29 is 23.9 Å². The Hall–Kier alpha value is -3.57. The maximum Gasteiger partial charge on any atom is 0.335 e. The third-order valence-electron chi connectivity index (χ3n) is 4.09. The maximum atomic E-state index is 13.0. The van der Waals surface area contributed by atoms with Gasteiger partial charge in [-0.25, -0.2) is 9.69 Å². The van der Waals surface area contributed by atoms with E-state index < -0.39 is 17.8 Å². The summed E-state index contributed by atoms with van der Waals surface area (Å²) >= 11 is 3.35. The summed E-state index contributed by atoms with van der Waals surface area (Å²) in [5.41, 5.74) is 0.545. The summed E-state index contributed by atoms with van der Waals surface area (Å²) in [4.78, 5) is 38.7. The molecule has 0 saturated carbocycles. The summed E-state index contributed by atoms with van der Waals surface area (Å²) in [6.45, 7) is 2.36. The van der Waals surface area contributed by atoms with Crippen LogP contribution in [0.5, 0.6) is 11.5 Å². The summed E-state index contributed by atoms with van der Waals surface area (Å²) in [6.07, 6.45) is 6.60. The van der Waals surface area contributed by atoms with Crippen molar-refractivity contribution in [3.8, 4) is 23.8 Å². The summed E-state index contributed by atoms with van der Waals surface area (Å²) in [7, 11) is 0. The molecule has 1 fully saturated rings. The number of imide groups is 2. The van der Waals surface area contributed by atoms with E-state index in [0.29, 0.717) is 33.8 Å². The van der Waals surface area contributed by atoms with Gasteiger partial charge in [0.05, 0.1) is 12.3 Å². The van der Waals surface area contributed by atoms with Crippen LogP contribution in [0.2, 0.25) is 0 Å². The average molecular weight is 469 g/mol. The predicted molar refractivity (Wildman–Crippen MR) is 115 cm³/mol. The van der Waals surface area contributed by atoms with Crippen molar-refractivity contribution >= 4 is 45.5 Å². The van der Waals surface area contributed by atoms with Crippen LogP contribution in [0.4, 0.5) is 10.5 Å². The number of carbonyl (C=O) groups is 3. The van der Waals surface area contributed by atoms with Gasteiger partial charge >= 0.3 is 6.03 Å². The first-order chi connectivity index (χ1) is 14.4. The predicted octanol–water partition coefficient (Wildman–Crippen LogP) is 3.53. The number of rotatable bonds is 6. The second-order valence-corrected chi connectivity index (χ2v) is 6.98. The maximum absolute atomic E-state index is 13.0. The molecule has 2 aromatic carbocycles. The molecule has 0 bridgehead atoms. The molecule has 0 unspecified atom stereocenters. The third kappa shape index (κ3) is 4.53. The van der Waals surface area contributed by atoms with Crippen molar-refractivity contribution in [1.29, 1.82) is 0 Å². The molecule has 0 aliphatic carbocycles. The monoisotopic (exact) mass is 468 g/mol. The van der Waals surface area contributed by atoms with Crippen LogP contribution in [-0.2, 0) is 9.59 Å². The van der Waals surface area contributed by atoms with Gasteiger partial charge in [0.2, 0.25) is 0 Å². The molecular weight excluding hydrogens is 452 g/mol. The van der Waals surface area contributed by atoms with E-state index in [1.54, 1.807) is 42.5 Å². The molecule has 3 rings (SSSR count). The number of nitrogens with zero attached hydrogens (tertiary/aromatic N) is 1. The molecule has 1 aliphatic heterocycles. The van der Waals surface area contributed by atoms with E-state index in [2.05, 4.69) is 27.2 Å². The minimum absolute atomic E-state index is 0.0226. The number of terminal acetylenes is 1. The van der Waals surface area contributed by atoms with Gasteiger partial charge in [0, 0.05) is 10.0 Å². The van der Waals surface area contributed by atoms with Crippen molar-refractivity contribution in [1.82, 2.24) is 5.32 Å². The number of hydrogen-bond donors (Lipinski definition) is 1. The van der Waals surface area contributed by atoms with Gasteiger partial charge in [0.15, 0.2) is 0 Å². The molecule has 1 heterocycles. The fraction of sp³-hybridized carbons (Fsp3) is 0.136. The molecule has 152 valence electrons. The molecule has 2 aromatic rings. The largest absolute Gasteiger partial charge is 0.494 e. The Morgan fingerprint density at radius 2 is 1.87 bits per heavy atom. The Labute approximate surface area is 181 Å². The first-order valence-corrected chi connectivity index (χ1v) is 9.74. The highest BCUT2D eigenvalue weighted by Gasteiger charge is 2.37. The summed E-state index contributed by atoms with van der Waals surface area (Å²) < 4.78 is 11.6. The molecule has 30 heavy (non-hydrogen) atoms. The molecule has 1 saturated heterocycles. The lowest BCUT2D eigenvalue weighted by molar-refractivity contribution is -0.122. The van der Waals surface area contributed by atoms with Crippen LogP contribution in [0.15, 0.2) is 52.5 Å². The Kier molecular flexibility index (Phi) is 6.54. The number of benzene rings is 2. The molecule has 0 aromatic heterocycles. The molecule has 1 N–H and O–H groups in total. The molecule has 4 amide bonds. The summed E-state index contributed by atoms with van der Waals surface area (Å²) in [5, 5.41) is 2.19. The highest BCUT2D eigenvalue weighted by molar-refractivity contribution is 9.10. The minimum Gasteiger partial charge on any atom is -0.494 e. The van der Waals surface area contributed by atoms with Gasteiger partial charge in [-0.05, 0) is 55.5 Å². The number of urea groups is 1. The van der Waals surface area contributed by atoms with Gasteiger partial charge in [-0.15, -0.1) is 6.42 Å². The van der Waals surface area contributed by atoms with Gasteiger partial charge in [-0.2, -0.15) is 0 Å². The number of carbonyl (C=O) groups excluding carboxylic acids is 3. The number of anilines is 1. The van der Waals surface area contributed by atoms with E-state index in [4.69, 9.17) is 15.9 Å². The highest BCUT2D eigenvalue weighted by Crippen LogP contribution is 2.28. The quantitative estimate of drug-likeness (QED) is 0.398. The topological polar surface area (TPSA) is 84.9 Å². The van der Waals surface area contributed by atoms with Crippen molar-refractivity contribution in [3.63, 3.8) is 0 Å². The molecule has 7 nitrogen and oxygen atoms in total. The molecule has 8 heteroatoms. The zero-order valence-electron chi connectivity index (χ0n) is 16.0. The van der Waals surface area contributed by atoms with Crippen molar-refractivity contribution in [2.75, 3.05) is 18.1 Å². The van der Waals surface area contributed by atoms with Crippen LogP contribution in [0, 0.1) is 12.3 Å². The summed E-state index contributed by atoms with van der Waals surface area (Å²) in [5.74, 6) is 1.81. The van der Waals surface area contributed by atoms with E-state index in [0.717, 1.165) is 4.90 Å². The van der Waals surface area contributed by atoms with Gasteiger partial charge in [-0.3, -0.25) is 14.9 Å². The lowest BCUT2D eigenvalue weighted by Crippen LogP contribution is -2.54. The van der Waals surface area contributed by atoms with E-state index in [1.165, 1.54) is 6.08 Å². The van der Waals surface area contributed by atoms with Crippen LogP contribution in [0.25, 0.3) is 6.08 Å². The van der Waals surface area contributed by atoms with Crippen molar-refractivity contribution in [2.24, 2.45) is 0 Å². The van der Waals surface area contributed by atoms with E-state index in [-0.39, 0.29) is 12.2 Å². The number of nitrogens with one attached hydrogen (secondary N) is 1. The lowest BCUT2D eigenvalue weighted by Gasteiger charge is -2.26. The minimum atomic E-state index is -0.829. The number of amides is 4. The van der Waals surface area contributed by atoms with Gasteiger partial charge in [0.25, 0.3) is 11.8 Å². The first kappa shape index (κ1) is 21.1. The zero-order valence-corrected chi connectivity index (χ0v) is 17.6. The van der Waals surface area contributed by atoms with Gasteiger partial charge in [0.1, 0.15) is 23.7 Å². The fourth-order valence-corrected chi connectivity index (χ4v) is 3.17. The van der Waals surface area contributed by atoms with Crippen LogP contribution >= 0.6 is 15.9 Å².